The molecular weight excluding hydrogens is 384 g/mol. The molecule has 28 heavy (non-hydrogen) atoms. The number of nitrogens with zero attached hydrogens (tertiary/aromatic N) is 1. The Hall–Kier alpha value is -3.19. The molecule has 8 heteroatoms. The molecule has 0 saturated carbocycles. The van der Waals surface area contributed by atoms with Crippen LogP contribution >= 0.6 is 11.6 Å². The molecule has 144 valence electrons. The van der Waals surface area contributed by atoms with Gasteiger partial charge in [0.2, 0.25) is 5.43 Å². The van der Waals surface area contributed by atoms with Gasteiger partial charge in [0.15, 0.2) is 0 Å². The van der Waals surface area contributed by atoms with Crippen LogP contribution in [-0.2, 0) is 6.54 Å². The van der Waals surface area contributed by atoms with E-state index in [1.807, 2.05) is 4.57 Å². The fourth-order valence-electron chi connectivity index (χ4n) is 3.27. The van der Waals surface area contributed by atoms with Crippen molar-refractivity contribution in [1.29, 1.82) is 0 Å². The molecule has 2 aromatic carbocycles. The lowest BCUT2D eigenvalue weighted by Crippen LogP contribution is -2.27. The number of aromatic nitrogens is 1. The van der Waals surface area contributed by atoms with Crippen LogP contribution in [0, 0.1) is 0 Å². The molecule has 0 spiro atoms. The van der Waals surface area contributed by atoms with Gasteiger partial charge in [-0.2, -0.15) is 0 Å². The molecule has 0 radical (unpaired) electrons. The number of ether oxygens (including phenoxy) is 3. The number of carbonyl (C=O) groups excluding carboxylic acids is 1. The number of anilines is 1. The lowest BCUT2D eigenvalue weighted by Gasteiger charge is -2.22. The summed E-state index contributed by atoms with van der Waals surface area (Å²) in [4.78, 5) is 26.0. The van der Waals surface area contributed by atoms with Crippen molar-refractivity contribution < 1.29 is 19.0 Å². The third-order valence-electron chi connectivity index (χ3n) is 4.62. The Labute approximate surface area is 165 Å². The number of benzene rings is 2. The molecule has 0 aliphatic carbocycles. The van der Waals surface area contributed by atoms with Crippen molar-refractivity contribution >= 4 is 34.1 Å². The minimum atomic E-state index is -0.560. The van der Waals surface area contributed by atoms with Crippen molar-refractivity contribution in [2.75, 3.05) is 26.1 Å². The van der Waals surface area contributed by atoms with Crippen LogP contribution in [0.15, 0.2) is 41.3 Å². The molecule has 3 aromatic rings. The van der Waals surface area contributed by atoms with Gasteiger partial charge >= 0.3 is 0 Å². The van der Waals surface area contributed by atoms with E-state index >= 15 is 0 Å². The molecule has 4 rings (SSSR count). The number of amides is 1. The van der Waals surface area contributed by atoms with Crippen molar-refractivity contribution in [2.24, 2.45) is 0 Å². The summed E-state index contributed by atoms with van der Waals surface area (Å²) in [6, 6.07) is 8.33. The van der Waals surface area contributed by atoms with E-state index in [-0.39, 0.29) is 16.0 Å². The molecule has 0 bridgehead atoms. The van der Waals surface area contributed by atoms with Crippen LogP contribution in [0.2, 0.25) is 5.02 Å². The highest BCUT2D eigenvalue weighted by molar-refractivity contribution is 6.35. The molecule has 0 atom stereocenters. The highest BCUT2D eigenvalue weighted by Crippen LogP contribution is 2.33. The Kier molecular flexibility index (Phi) is 4.60. The van der Waals surface area contributed by atoms with E-state index in [1.165, 1.54) is 20.4 Å². The van der Waals surface area contributed by atoms with Gasteiger partial charge in [-0.25, -0.2) is 0 Å². The minimum absolute atomic E-state index is 0.0154. The summed E-state index contributed by atoms with van der Waals surface area (Å²) in [5.74, 6) is 1.01. The molecule has 2 heterocycles. The van der Waals surface area contributed by atoms with Crippen molar-refractivity contribution in [3.05, 3.63) is 57.3 Å². The smallest absolute Gasteiger partial charge is 0.261 e. The fraction of sp³-hybridized carbons (Fsp3) is 0.200. The van der Waals surface area contributed by atoms with E-state index in [9.17, 15) is 9.59 Å². The maximum Gasteiger partial charge on any atom is 0.261 e. The molecule has 7 nitrogen and oxygen atoms in total. The van der Waals surface area contributed by atoms with Gasteiger partial charge in [0.1, 0.15) is 29.4 Å². The van der Waals surface area contributed by atoms with E-state index in [1.54, 1.807) is 30.3 Å². The van der Waals surface area contributed by atoms with Crippen LogP contribution in [0.5, 0.6) is 17.2 Å². The topological polar surface area (TPSA) is 78.8 Å². The second-order valence-electron chi connectivity index (χ2n) is 6.20. The SMILES string of the molecule is COc1ccc(OC)c(NC(=O)c2cn3c4c(ccc(Cl)c4c2=O)OCC3)c1. The lowest BCUT2D eigenvalue weighted by molar-refractivity contribution is 0.102. The first-order valence-corrected chi connectivity index (χ1v) is 8.93. The van der Waals surface area contributed by atoms with E-state index < -0.39 is 11.3 Å². The van der Waals surface area contributed by atoms with Crippen LogP contribution in [0.1, 0.15) is 10.4 Å². The summed E-state index contributed by atoms with van der Waals surface area (Å²) < 4.78 is 17.9. The Bertz CT molecular complexity index is 1160. The molecular formula is C20H17ClN2O5. The number of nitrogens with one attached hydrogen (secondary N) is 1. The van der Waals surface area contributed by atoms with Gasteiger partial charge < -0.3 is 24.1 Å². The maximum atomic E-state index is 13.0. The Morgan fingerprint density at radius 3 is 2.79 bits per heavy atom. The standard InChI is InChI=1S/C20H17ClN2O5/c1-26-11-3-5-15(27-2)14(9-11)22-20(25)12-10-23-7-8-28-16-6-4-13(21)17(18(16)23)19(12)24/h3-6,9-10H,7-8H2,1-2H3,(H,22,25). The summed E-state index contributed by atoms with van der Waals surface area (Å²) in [7, 11) is 3.02. The maximum absolute atomic E-state index is 13.0. The summed E-state index contributed by atoms with van der Waals surface area (Å²) in [6.07, 6.45) is 1.54. The molecule has 1 aliphatic rings. The first-order chi connectivity index (χ1) is 13.5. The van der Waals surface area contributed by atoms with Gasteiger partial charge in [0, 0.05) is 12.3 Å². The largest absolute Gasteiger partial charge is 0.497 e. The van der Waals surface area contributed by atoms with Gasteiger partial charge in [0.05, 0.1) is 42.4 Å². The van der Waals surface area contributed by atoms with Crippen molar-refractivity contribution in [3.63, 3.8) is 0 Å². The van der Waals surface area contributed by atoms with Crippen molar-refractivity contribution in [1.82, 2.24) is 4.57 Å². The zero-order valence-electron chi connectivity index (χ0n) is 15.2. The van der Waals surface area contributed by atoms with Crippen LogP contribution in [-0.4, -0.2) is 31.3 Å². The lowest BCUT2D eigenvalue weighted by atomic mass is 10.1. The van der Waals surface area contributed by atoms with Crippen molar-refractivity contribution in [3.8, 4) is 17.2 Å². The number of carbonyl (C=O) groups is 1. The third-order valence-corrected chi connectivity index (χ3v) is 4.94. The average molecular weight is 401 g/mol. The van der Waals surface area contributed by atoms with E-state index in [0.29, 0.717) is 41.6 Å². The third kappa shape index (κ3) is 2.93. The summed E-state index contributed by atoms with van der Waals surface area (Å²) in [6.45, 7) is 0.949. The predicted molar refractivity (Wildman–Crippen MR) is 106 cm³/mol. The average Bonchev–Trinajstić information content (AvgIpc) is 2.71. The normalized spacial score (nSPS) is 12.4. The van der Waals surface area contributed by atoms with Crippen LogP contribution < -0.4 is 25.0 Å². The van der Waals surface area contributed by atoms with Gasteiger partial charge in [0.25, 0.3) is 5.91 Å². The number of hydrogen-bond acceptors (Lipinski definition) is 5. The molecule has 0 saturated heterocycles. The van der Waals surface area contributed by atoms with E-state index in [2.05, 4.69) is 5.32 Å². The second kappa shape index (κ2) is 7.09. The first-order valence-electron chi connectivity index (χ1n) is 8.55. The molecule has 1 aromatic heterocycles. The first kappa shape index (κ1) is 18.2. The van der Waals surface area contributed by atoms with Gasteiger partial charge in [-0.1, -0.05) is 11.6 Å². The van der Waals surface area contributed by atoms with Crippen LogP contribution in [0.3, 0.4) is 0 Å². The zero-order valence-corrected chi connectivity index (χ0v) is 16.0. The fourth-order valence-corrected chi connectivity index (χ4v) is 3.51. The Morgan fingerprint density at radius 2 is 2.04 bits per heavy atom. The number of pyridine rings is 1. The summed E-state index contributed by atoms with van der Waals surface area (Å²) in [5, 5.41) is 3.27. The highest BCUT2D eigenvalue weighted by Gasteiger charge is 2.23. The monoisotopic (exact) mass is 400 g/mol. The molecule has 0 fully saturated rings. The molecule has 1 aliphatic heterocycles. The van der Waals surface area contributed by atoms with E-state index in [0.717, 1.165) is 0 Å². The number of halogens is 1. The Balaban J connectivity index is 1.82. The second-order valence-corrected chi connectivity index (χ2v) is 6.61. The van der Waals surface area contributed by atoms with Crippen LogP contribution in [0.4, 0.5) is 5.69 Å². The summed E-state index contributed by atoms with van der Waals surface area (Å²) in [5.41, 5.74) is 0.522. The molecule has 1 N–H and O–H groups in total. The number of hydrogen-bond donors (Lipinski definition) is 1. The number of methoxy groups -OCH3 is 2. The molecule has 1 amide bonds. The van der Waals surface area contributed by atoms with Gasteiger partial charge in [-0.15, -0.1) is 0 Å². The van der Waals surface area contributed by atoms with Crippen LogP contribution in [0.25, 0.3) is 10.9 Å². The van der Waals surface area contributed by atoms with Gasteiger partial charge in [-0.05, 0) is 24.3 Å². The van der Waals surface area contributed by atoms with Gasteiger partial charge in [-0.3, -0.25) is 9.59 Å². The quantitative estimate of drug-likeness (QED) is 0.726. The Morgan fingerprint density at radius 1 is 1.21 bits per heavy atom. The zero-order chi connectivity index (χ0) is 19.8. The van der Waals surface area contributed by atoms with Crippen molar-refractivity contribution in [2.45, 2.75) is 6.54 Å². The highest BCUT2D eigenvalue weighted by atomic mass is 35.5. The summed E-state index contributed by atoms with van der Waals surface area (Å²) >= 11 is 6.27. The molecule has 0 unspecified atom stereocenters. The number of rotatable bonds is 4. The minimum Gasteiger partial charge on any atom is -0.497 e. The van der Waals surface area contributed by atoms with E-state index in [4.69, 9.17) is 25.8 Å². The predicted octanol–water partition coefficient (Wildman–Crippen LogP) is 3.32.